The highest BCUT2D eigenvalue weighted by Crippen LogP contribution is 2.76. The van der Waals surface area contributed by atoms with Gasteiger partial charge in [-0.25, -0.2) is 0 Å². The zero-order valence-corrected chi connectivity index (χ0v) is 27.1. The van der Waals surface area contributed by atoms with Crippen molar-refractivity contribution in [3.05, 3.63) is 47.0 Å². The molecule has 0 radical (unpaired) electrons. The SMILES string of the molecule is CC1=C2[C@@H]3CC(C)(C)CC[C@]3(C(=O)OCc3ccccc3)CC[C@@]2(C)[C@]2(C)CC[C@H]3C(C)(C)C(=O)CC[C@]3(C)C2C1. The maximum Gasteiger partial charge on any atom is 0.313 e. The number of carbonyl (C=O) groups excluding carboxylic acids is 2. The summed E-state index contributed by atoms with van der Waals surface area (Å²) in [6, 6.07) is 10.2. The molecule has 7 atom stereocenters. The van der Waals surface area contributed by atoms with E-state index >= 15 is 0 Å². The fourth-order valence-corrected chi connectivity index (χ4v) is 11.7. The van der Waals surface area contributed by atoms with E-state index in [2.05, 4.69) is 67.5 Å². The molecule has 3 nitrogen and oxygen atoms in total. The van der Waals surface area contributed by atoms with Crippen LogP contribution in [-0.2, 0) is 20.9 Å². The van der Waals surface area contributed by atoms with E-state index in [0.717, 1.165) is 63.4 Å². The molecule has 224 valence electrons. The summed E-state index contributed by atoms with van der Waals surface area (Å²) in [5.41, 5.74) is 4.23. The van der Waals surface area contributed by atoms with Crippen molar-refractivity contribution in [2.45, 2.75) is 126 Å². The minimum atomic E-state index is -0.413. The van der Waals surface area contributed by atoms with Gasteiger partial charge in [0.15, 0.2) is 0 Å². The number of Topliss-reactive ketones (excluding diaryl/α,β-unsaturated/α-hetero) is 1. The molecule has 0 heterocycles. The molecule has 3 heteroatoms. The minimum absolute atomic E-state index is 0.0414. The normalized spacial score (nSPS) is 42.8. The van der Waals surface area contributed by atoms with Crippen LogP contribution in [0.1, 0.15) is 125 Å². The molecule has 1 aromatic rings. The second-order valence-corrected chi connectivity index (χ2v) is 17.1. The van der Waals surface area contributed by atoms with E-state index in [4.69, 9.17) is 4.74 Å². The minimum Gasteiger partial charge on any atom is -0.460 e. The van der Waals surface area contributed by atoms with Gasteiger partial charge in [-0.15, -0.1) is 0 Å². The Labute approximate surface area is 249 Å². The van der Waals surface area contributed by atoms with Gasteiger partial charge in [0, 0.05) is 11.8 Å². The molecule has 0 bridgehead atoms. The predicted molar refractivity (Wildman–Crippen MR) is 165 cm³/mol. The van der Waals surface area contributed by atoms with Crippen molar-refractivity contribution >= 4 is 11.8 Å². The third-order valence-corrected chi connectivity index (χ3v) is 14.3. The molecule has 6 rings (SSSR count). The second kappa shape index (κ2) is 9.30. The highest BCUT2D eigenvalue weighted by atomic mass is 16.5. The molecule has 0 aliphatic heterocycles. The molecule has 5 aliphatic carbocycles. The maximum absolute atomic E-state index is 14.3. The first-order valence-corrected chi connectivity index (χ1v) is 16.6. The Morgan fingerprint density at radius 2 is 1.56 bits per heavy atom. The summed E-state index contributed by atoms with van der Waals surface area (Å²) < 4.78 is 6.20. The average Bonchev–Trinajstić information content (AvgIpc) is 2.91. The summed E-state index contributed by atoms with van der Waals surface area (Å²) in [7, 11) is 0. The number of hydrogen-bond acceptors (Lipinski definition) is 3. The fourth-order valence-electron chi connectivity index (χ4n) is 11.7. The number of benzene rings is 1. The van der Waals surface area contributed by atoms with Gasteiger partial charge in [0.2, 0.25) is 0 Å². The number of rotatable bonds is 3. The van der Waals surface area contributed by atoms with Crippen molar-refractivity contribution in [3.63, 3.8) is 0 Å². The van der Waals surface area contributed by atoms with Gasteiger partial charge in [0.05, 0.1) is 5.41 Å². The molecular formula is C38H54O3. The number of allylic oxidation sites excluding steroid dienone is 2. The molecule has 4 saturated carbocycles. The van der Waals surface area contributed by atoms with Crippen LogP contribution in [0, 0.1) is 50.2 Å². The van der Waals surface area contributed by atoms with Gasteiger partial charge in [-0.2, -0.15) is 0 Å². The summed E-state index contributed by atoms with van der Waals surface area (Å²) in [6.45, 7) is 19.8. The van der Waals surface area contributed by atoms with E-state index in [1.165, 1.54) is 6.42 Å². The smallest absolute Gasteiger partial charge is 0.313 e. The van der Waals surface area contributed by atoms with Crippen molar-refractivity contribution < 1.29 is 14.3 Å². The lowest BCUT2D eigenvalue weighted by molar-refractivity contribution is -0.192. The van der Waals surface area contributed by atoms with Crippen LogP contribution >= 0.6 is 0 Å². The maximum atomic E-state index is 14.3. The Hall–Kier alpha value is -1.90. The van der Waals surface area contributed by atoms with E-state index in [1.54, 1.807) is 11.1 Å². The Kier molecular flexibility index (Phi) is 6.62. The van der Waals surface area contributed by atoms with Gasteiger partial charge in [0.25, 0.3) is 0 Å². The highest BCUT2D eigenvalue weighted by Gasteiger charge is 2.70. The van der Waals surface area contributed by atoms with Gasteiger partial charge in [-0.3, -0.25) is 9.59 Å². The molecule has 0 saturated heterocycles. The van der Waals surface area contributed by atoms with Crippen LogP contribution in [0.3, 0.4) is 0 Å². The quantitative estimate of drug-likeness (QED) is 0.274. The van der Waals surface area contributed by atoms with Crippen molar-refractivity contribution in [3.8, 4) is 0 Å². The lowest BCUT2D eigenvalue weighted by Gasteiger charge is -2.71. The van der Waals surface area contributed by atoms with Crippen LogP contribution in [-0.4, -0.2) is 11.8 Å². The third-order valence-electron chi connectivity index (χ3n) is 14.3. The van der Waals surface area contributed by atoms with Crippen molar-refractivity contribution in [1.82, 2.24) is 0 Å². The number of ether oxygens (including phenoxy) is 1. The van der Waals surface area contributed by atoms with Gasteiger partial charge in [-0.1, -0.05) is 89.9 Å². The molecule has 0 spiro atoms. The number of fused-ring (bicyclic) bond motifs is 7. The Bertz CT molecular complexity index is 1270. The lowest BCUT2D eigenvalue weighted by Crippen LogP contribution is -2.65. The van der Waals surface area contributed by atoms with Crippen LogP contribution in [0.5, 0.6) is 0 Å². The Morgan fingerprint density at radius 1 is 0.878 bits per heavy atom. The van der Waals surface area contributed by atoms with E-state index in [9.17, 15) is 9.59 Å². The third kappa shape index (κ3) is 4.02. The summed E-state index contributed by atoms with van der Waals surface area (Å²) in [5, 5.41) is 0. The lowest BCUT2D eigenvalue weighted by atomic mass is 9.33. The summed E-state index contributed by atoms with van der Waals surface area (Å²) in [4.78, 5) is 27.4. The van der Waals surface area contributed by atoms with E-state index in [0.29, 0.717) is 24.2 Å². The topological polar surface area (TPSA) is 43.4 Å². The second-order valence-electron chi connectivity index (χ2n) is 17.1. The molecule has 0 amide bonds. The first-order chi connectivity index (χ1) is 19.1. The van der Waals surface area contributed by atoms with Crippen LogP contribution in [0.25, 0.3) is 0 Å². The van der Waals surface area contributed by atoms with E-state index in [1.807, 2.05) is 18.2 Å². The molecule has 5 aliphatic rings. The largest absolute Gasteiger partial charge is 0.460 e. The van der Waals surface area contributed by atoms with Crippen LogP contribution < -0.4 is 0 Å². The molecular weight excluding hydrogens is 504 g/mol. The van der Waals surface area contributed by atoms with E-state index < -0.39 is 5.41 Å². The molecule has 0 aromatic heterocycles. The molecule has 41 heavy (non-hydrogen) atoms. The zero-order valence-electron chi connectivity index (χ0n) is 27.1. The van der Waals surface area contributed by atoms with Crippen LogP contribution in [0.15, 0.2) is 41.5 Å². The van der Waals surface area contributed by atoms with Gasteiger partial charge in [-0.05, 0) is 110 Å². The highest BCUT2D eigenvalue weighted by molar-refractivity contribution is 5.85. The molecule has 1 unspecified atom stereocenters. The van der Waals surface area contributed by atoms with E-state index in [-0.39, 0.29) is 39.0 Å². The van der Waals surface area contributed by atoms with Crippen molar-refractivity contribution in [2.24, 2.45) is 50.2 Å². The van der Waals surface area contributed by atoms with Gasteiger partial charge < -0.3 is 4.74 Å². The van der Waals surface area contributed by atoms with Crippen LogP contribution in [0.4, 0.5) is 0 Å². The molecule has 4 fully saturated rings. The first-order valence-electron chi connectivity index (χ1n) is 16.6. The van der Waals surface area contributed by atoms with Crippen molar-refractivity contribution in [1.29, 1.82) is 0 Å². The Balaban J connectivity index is 1.40. The summed E-state index contributed by atoms with van der Waals surface area (Å²) in [5.74, 6) is 1.79. The number of esters is 1. The Morgan fingerprint density at radius 3 is 2.27 bits per heavy atom. The molecule has 1 aromatic carbocycles. The number of carbonyl (C=O) groups is 2. The number of hydrogen-bond donors (Lipinski definition) is 0. The summed E-state index contributed by atoms with van der Waals surface area (Å²) in [6.07, 6.45) is 10.3. The predicted octanol–water partition coefficient (Wildman–Crippen LogP) is 9.49. The fraction of sp³-hybridized carbons (Fsp3) is 0.737. The van der Waals surface area contributed by atoms with Gasteiger partial charge >= 0.3 is 5.97 Å². The van der Waals surface area contributed by atoms with Crippen molar-refractivity contribution in [2.75, 3.05) is 0 Å². The van der Waals surface area contributed by atoms with Crippen LogP contribution in [0.2, 0.25) is 0 Å². The molecule has 0 N–H and O–H groups in total. The van der Waals surface area contributed by atoms with Gasteiger partial charge in [0.1, 0.15) is 12.4 Å². The first kappa shape index (κ1) is 29.2. The zero-order chi connectivity index (χ0) is 29.6. The number of ketones is 1. The standard InChI is InChI=1S/C38H54O3/c1-25-22-29-35(6)16-15-30(39)34(4,5)28(35)14-17-36(29,7)37(8)19-21-38(20-18-33(2,3)23-27(38)31(25)37)32(40)41-24-26-12-10-9-11-13-26/h9-13,27-29H,14-24H2,1-8H3/t27-,28-,29?,35-,36+,37+,38-/m0/s1. The monoisotopic (exact) mass is 558 g/mol. The average molecular weight is 559 g/mol. The summed E-state index contributed by atoms with van der Waals surface area (Å²) >= 11 is 0.